The molecule has 0 saturated carbocycles. The Hall–Kier alpha value is -2.94. The Morgan fingerprint density at radius 3 is 2.20 bits per heavy atom. The van der Waals surface area contributed by atoms with E-state index < -0.39 is 0 Å². The van der Waals surface area contributed by atoms with Crippen molar-refractivity contribution in [2.75, 3.05) is 39.4 Å². The van der Waals surface area contributed by atoms with Crippen LogP contribution in [0.2, 0.25) is 0 Å². The molecule has 2 fully saturated rings. The Labute approximate surface area is 207 Å². The number of hydrogen-bond acceptors (Lipinski definition) is 5. The molecule has 2 saturated heterocycles. The van der Waals surface area contributed by atoms with Gasteiger partial charge in [-0.25, -0.2) is 4.79 Å². The Morgan fingerprint density at radius 1 is 0.886 bits per heavy atom. The van der Waals surface area contributed by atoms with Gasteiger partial charge < -0.3 is 25.0 Å². The molecule has 8 nitrogen and oxygen atoms in total. The Balaban J connectivity index is 1.24. The fraction of sp³-hybridized carbons (Fsp3) is 0.481. The average Bonchev–Trinajstić information content (AvgIpc) is 2.87. The highest BCUT2D eigenvalue weighted by Crippen LogP contribution is 2.15. The molecule has 2 N–H and O–H groups in total. The van der Waals surface area contributed by atoms with Crippen LogP contribution in [0.1, 0.15) is 40.9 Å². The molecule has 3 amide bonds. The molecule has 8 heteroatoms. The molecule has 2 aromatic carbocycles. The smallest absolute Gasteiger partial charge is 0.315 e. The standard InChI is InChI=1S/C27H36N4O4/c1-20-17-31(18-21(2)35-20)26(32)23-9-7-22(8-10-23)15-28-27(33)29-16-24-5-3-4-6-25(24)19-30-11-13-34-14-12-30/h3-10,20-21H,11-19H2,1-2H3,(H2,28,29,33). The number of nitrogens with zero attached hydrogens (tertiary/aromatic N) is 2. The molecule has 0 spiro atoms. The second kappa shape index (κ2) is 12.2. The number of amides is 3. The molecule has 2 atom stereocenters. The van der Waals surface area contributed by atoms with Gasteiger partial charge in [-0.3, -0.25) is 9.69 Å². The number of morpholine rings is 2. The maximum atomic E-state index is 12.8. The summed E-state index contributed by atoms with van der Waals surface area (Å²) in [5.74, 6) is 0.0139. The lowest BCUT2D eigenvalue weighted by Crippen LogP contribution is -2.48. The van der Waals surface area contributed by atoms with Crippen LogP contribution in [-0.2, 0) is 29.1 Å². The zero-order valence-electron chi connectivity index (χ0n) is 20.7. The van der Waals surface area contributed by atoms with Crippen LogP contribution in [-0.4, -0.2) is 73.3 Å². The maximum Gasteiger partial charge on any atom is 0.315 e. The summed E-state index contributed by atoms with van der Waals surface area (Å²) < 4.78 is 11.2. The van der Waals surface area contributed by atoms with Crippen LogP contribution < -0.4 is 10.6 Å². The van der Waals surface area contributed by atoms with Gasteiger partial charge in [-0.2, -0.15) is 0 Å². The van der Waals surface area contributed by atoms with Crippen LogP contribution in [0.25, 0.3) is 0 Å². The Bertz CT molecular complexity index is 981. The fourth-order valence-electron chi connectivity index (χ4n) is 4.60. The number of rotatable bonds is 7. The molecule has 2 aromatic rings. The summed E-state index contributed by atoms with van der Waals surface area (Å²) in [6.07, 6.45) is 0.0760. The molecule has 0 radical (unpaired) electrons. The van der Waals surface area contributed by atoms with E-state index in [1.165, 1.54) is 5.56 Å². The summed E-state index contributed by atoms with van der Waals surface area (Å²) in [5, 5.41) is 5.87. The number of hydrogen-bond donors (Lipinski definition) is 2. The van der Waals surface area contributed by atoms with Gasteiger partial charge in [0, 0.05) is 51.4 Å². The number of ether oxygens (including phenoxy) is 2. The van der Waals surface area contributed by atoms with E-state index in [0.717, 1.165) is 44.0 Å². The lowest BCUT2D eigenvalue weighted by atomic mass is 10.1. The molecule has 2 unspecified atom stereocenters. The van der Waals surface area contributed by atoms with Gasteiger partial charge in [0.05, 0.1) is 25.4 Å². The first-order chi connectivity index (χ1) is 17.0. The zero-order chi connectivity index (χ0) is 24.6. The third kappa shape index (κ3) is 7.27. The first-order valence-corrected chi connectivity index (χ1v) is 12.4. The van der Waals surface area contributed by atoms with Gasteiger partial charge in [0.1, 0.15) is 0 Å². The van der Waals surface area contributed by atoms with Crippen molar-refractivity contribution in [3.05, 3.63) is 70.8 Å². The van der Waals surface area contributed by atoms with Crippen molar-refractivity contribution in [1.29, 1.82) is 0 Å². The van der Waals surface area contributed by atoms with Gasteiger partial charge in [0.25, 0.3) is 5.91 Å². The third-order valence-corrected chi connectivity index (χ3v) is 6.42. The zero-order valence-corrected chi connectivity index (χ0v) is 20.7. The fourth-order valence-corrected chi connectivity index (χ4v) is 4.60. The number of benzene rings is 2. The van der Waals surface area contributed by atoms with E-state index in [9.17, 15) is 9.59 Å². The highest BCUT2D eigenvalue weighted by atomic mass is 16.5. The van der Waals surface area contributed by atoms with E-state index in [1.54, 1.807) is 0 Å². The van der Waals surface area contributed by atoms with Crippen LogP contribution in [0.3, 0.4) is 0 Å². The van der Waals surface area contributed by atoms with E-state index in [-0.39, 0.29) is 24.1 Å². The van der Waals surface area contributed by atoms with Crippen molar-refractivity contribution in [3.8, 4) is 0 Å². The monoisotopic (exact) mass is 480 g/mol. The minimum absolute atomic E-state index is 0.0139. The first-order valence-electron chi connectivity index (χ1n) is 12.4. The first kappa shape index (κ1) is 25.2. The normalized spacial score (nSPS) is 20.9. The Morgan fingerprint density at radius 2 is 1.51 bits per heavy atom. The second-order valence-electron chi connectivity index (χ2n) is 9.36. The van der Waals surface area contributed by atoms with Crippen molar-refractivity contribution in [2.45, 2.75) is 45.7 Å². The SMILES string of the molecule is CC1CN(C(=O)c2ccc(CNC(=O)NCc3ccccc3CN3CCOCC3)cc2)CC(C)O1. The molecular formula is C27H36N4O4. The minimum Gasteiger partial charge on any atom is -0.379 e. The molecule has 2 aliphatic heterocycles. The van der Waals surface area contributed by atoms with E-state index in [1.807, 2.05) is 55.1 Å². The highest BCUT2D eigenvalue weighted by Gasteiger charge is 2.26. The molecule has 2 aliphatic rings. The van der Waals surface area contributed by atoms with Crippen LogP contribution in [0.4, 0.5) is 4.79 Å². The van der Waals surface area contributed by atoms with Crippen molar-refractivity contribution >= 4 is 11.9 Å². The predicted molar refractivity (Wildman–Crippen MR) is 134 cm³/mol. The van der Waals surface area contributed by atoms with E-state index in [4.69, 9.17) is 9.47 Å². The van der Waals surface area contributed by atoms with E-state index in [2.05, 4.69) is 27.7 Å². The van der Waals surface area contributed by atoms with Crippen LogP contribution >= 0.6 is 0 Å². The summed E-state index contributed by atoms with van der Waals surface area (Å²) in [6, 6.07) is 15.4. The van der Waals surface area contributed by atoms with E-state index >= 15 is 0 Å². The molecule has 0 bridgehead atoms. The lowest BCUT2D eigenvalue weighted by Gasteiger charge is -2.35. The molecule has 0 aliphatic carbocycles. The Kier molecular flexibility index (Phi) is 8.74. The summed E-state index contributed by atoms with van der Waals surface area (Å²) in [4.78, 5) is 29.5. The van der Waals surface area contributed by atoms with Gasteiger partial charge in [0.2, 0.25) is 0 Å². The summed E-state index contributed by atoms with van der Waals surface area (Å²) in [7, 11) is 0. The molecule has 0 aromatic heterocycles. The minimum atomic E-state index is -0.220. The van der Waals surface area contributed by atoms with Crippen molar-refractivity contribution < 1.29 is 19.1 Å². The number of carbonyl (C=O) groups is 2. The molecule has 4 rings (SSSR count). The third-order valence-electron chi connectivity index (χ3n) is 6.42. The number of nitrogens with one attached hydrogen (secondary N) is 2. The van der Waals surface area contributed by atoms with Crippen LogP contribution in [0.5, 0.6) is 0 Å². The summed E-state index contributed by atoms with van der Waals surface area (Å²) >= 11 is 0. The summed E-state index contributed by atoms with van der Waals surface area (Å²) in [6.45, 7) is 10.3. The number of urea groups is 1. The largest absolute Gasteiger partial charge is 0.379 e. The maximum absolute atomic E-state index is 12.8. The lowest BCUT2D eigenvalue weighted by molar-refractivity contribution is -0.0586. The number of carbonyl (C=O) groups excluding carboxylic acids is 2. The quantitative estimate of drug-likeness (QED) is 0.637. The van der Waals surface area contributed by atoms with Crippen LogP contribution in [0, 0.1) is 0 Å². The molecule has 2 heterocycles. The van der Waals surface area contributed by atoms with Gasteiger partial charge in [-0.1, -0.05) is 36.4 Å². The predicted octanol–water partition coefficient (Wildman–Crippen LogP) is 2.77. The van der Waals surface area contributed by atoms with Gasteiger partial charge >= 0.3 is 6.03 Å². The molecular weight excluding hydrogens is 444 g/mol. The second-order valence-corrected chi connectivity index (χ2v) is 9.36. The summed E-state index contributed by atoms with van der Waals surface area (Å²) in [5.41, 5.74) is 3.92. The van der Waals surface area contributed by atoms with Gasteiger partial charge in [-0.15, -0.1) is 0 Å². The van der Waals surface area contributed by atoms with Gasteiger partial charge in [-0.05, 0) is 42.7 Å². The average molecular weight is 481 g/mol. The topological polar surface area (TPSA) is 83.1 Å². The van der Waals surface area contributed by atoms with Crippen molar-refractivity contribution in [3.63, 3.8) is 0 Å². The van der Waals surface area contributed by atoms with Crippen molar-refractivity contribution in [2.24, 2.45) is 0 Å². The highest BCUT2D eigenvalue weighted by molar-refractivity contribution is 5.94. The van der Waals surface area contributed by atoms with Crippen LogP contribution in [0.15, 0.2) is 48.5 Å². The molecule has 188 valence electrons. The van der Waals surface area contributed by atoms with Crippen molar-refractivity contribution in [1.82, 2.24) is 20.4 Å². The molecule has 35 heavy (non-hydrogen) atoms. The van der Waals surface area contributed by atoms with Gasteiger partial charge in [0.15, 0.2) is 0 Å². The van der Waals surface area contributed by atoms with E-state index in [0.29, 0.717) is 31.7 Å².